The Kier molecular flexibility index (Phi) is 7.14. The quantitative estimate of drug-likeness (QED) is 0.240. The zero-order valence-electron chi connectivity index (χ0n) is 21.5. The topological polar surface area (TPSA) is 115 Å². The molecule has 0 bridgehead atoms. The Labute approximate surface area is 232 Å². The minimum atomic E-state index is -4.68. The molecule has 0 aliphatic rings. The van der Waals surface area contributed by atoms with Crippen LogP contribution in [-0.2, 0) is 6.18 Å². The van der Waals surface area contributed by atoms with E-state index in [9.17, 15) is 22.8 Å². The number of hydrogen-bond donors (Lipinski definition) is 3. The molecule has 3 aromatic carbocycles. The lowest BCUT2D eigenvalue weighted by molar-refractivity contribution is -0.137. The van der Waals surface area contributed by atoms with Crippen molar-refractivity contribution in [3.05, 3.63) is 114 Å². The molecule has 0 atom stereocenters. The molecule has 2 aromatic heterocycles. The number of urea groups is 1. The molecule has 4 N–H and O–H groups in total. The highest BCUT2D eigenvalue weighted by molar-refractivity contribution is 6.05. The number of aromatic nitrogens is 3. The van der Waals surface area contributed by atoms with E-state index in [-0.39, 0.29) is 11.3 Å². The third-order valence-electron chi connectivity index (χ3n) is 6.24. The van der Waals surface area contributed by atoms with Gasteiger partial charge in [-0.3, -0.25) is 9.78 Å². The largest absolute Gasteiger partial charge is 0.418 e. The van der Waals surface area contributed by atoms with Gasteiger partial charge in [-0.2, -0.15) is 13.2 Å². The summed E-state index contributed by atoms with van der Waals surface area (Å²) in [5.74, 6) is 5.45. The number of pyridine rings is 1. The number of nitrogens with zero attached hydrogens (tertiary/aromatic N) is 3. The summed E-state index contributed by atoms with van der Waals surface area (Å²) in [6, 6.07) is 13.0. The number of amides is 3. The van der Waals surface area contributed by atoms with Gasteiger partial charge in [-0.15, -0.1) is 0 Å². The lowest BCUT2D eigenvalue weighted by atomic mass is 10.0. The Hall–Kier alpha value is -5.63. The van der Waals surface area contributed by atoms with Gasteiger partial charge in [0, 0.05) is 52.4 Å². The Bertz CT molecular complexity index is 1850. The summed E-state index contributed by atoms with van der Waals surface area (Å²) in [5.41, 5.74) is 6.88. The summed E-state index contributed by atoms with van der Waals surface area (Å²) in [6.07, 6.45) is 2.52. The van der Waals surface area contributed by atoms with Gasteiger partial charge in [0.15, 0.2) is 0 Å². The standard InChI is InChI=1S/C30H21F3N6O2/c1-18-5-9-22(37-28(40)20-8-10-27(39-12-11-35-17-39)25(14-20)30(31,32)33)13-19(18)6-7-21-15-36-16-24-23(21)3-2-4-26(24)38-29(34)41/h2-5,8-17H,1H3,(H,37,40)(H3,34,38,41). The number of primary amides is 1. The first kappa shape index (κ1) is 27.0. The lowest BCUT2D eigenvalue weighted by Crippen LogP contribution is -2.19. The number of carbonyl (C=O) groups is 2. The summed E-state index contributed by atoms with van der Waals surface area (Å²) in [7, 11) is 0. The molecule has 0 fully saturated rings. The Balaban J connectivity index is 1.43. The van der Waals surface area contributed by atoms with Crippen LogP contribution in [0.2, 0.25) is 0 Å². The third-order valence-corrected chi connectivity index (χ3v) is 6.24. The molecule has 41 heavy (non-hydrogen) atoms. The maximum absolute atomic E-state index is 13.8. The number of nitrogens with one attached hydrogen (secondary N) is 2. The second-order valence-corrected chi connectivity index (χ2v) is 9.01. The van der Waals surface area contributed by atoms with Crippen molar-refractivity contribution in [1.29, 1.82) is 0 Å². The molecule has 0 saturated carbocycles. The van der Waals surface area contributed by atoms with Crippen LogP contribution in [0.4, 0.5) is 29.3 Å². The van der Waals surface area contributed by atoms with Crippen molar-refractivity contribution in [2.24, 2.45) is 5.73 Å². The van der Waals surface area contributed by atoms with Crippen molar-refractivity contribution >= 4 is 34.1 Å². The van der Waals surface area contributed by atoms with Crippen LogP contribution in [0.1, 0.15) is 32.6 Å². The predicted octanol–water partition coefficient (Wildman–Crippen LogP) is 5.89. The second kappa shape index (κ2) is 10.9. The van der Waals surface area contributed by atoms with Gasteiger partial charge < -0.3 is 20.9 Å². The second-order valence-electron chi connectivity index (χ2n) is 9.01. The molecule has 0 saturated heterocycles. The average Bonchev–Trinajstić information content (AvgIpc) is 3.47. The smallest absolute Gasteiger partial charge is 0.351 e. The summed E-state index contributed by atoms with van der Waals surface area (Å²) >= 11 is 0. The van der Waals surface area contributed by atoms with E-state index in [1.54, 1.807) is 42.7 Å². The van der Waals surface area contributed by atoms with Gasteiger partial charge in [-0.05, 0) is 48.9 Å². The maximum Gasteiger partial charge on any atom is 0.418 e. The summed E-state index contributed by atoms with van der Waals surface area (Å²) in [6.45, 7) is 1.84. The SMILES string of the molecule is Cc1ccc(NC(=O)c2ccc(-n3ccnc3)c(C(F)(F)F)c2)cc1C#Cc1cncc2c(NC(N)=O)cccc12. The van der Waals surface area contributed by atoms with Gasteiger partial charge >= 0.3 is 12.2 Å². The van der Waals surface area contributed by atoms with E-state index in [0.717, 1.165) is 17.0 Å². The van der Waals surface area contributed by atoms with Crippen molar-refractivity contribution in [3.8, 4) is 17.5 Å². The first-order valence-electron chi connectivity index (χ1n) is 12.2. The van der Waals surface area contributed by atoms with E-state index in [4.69, 9.17) is 5.73 Å². The molecular formula is C30H21F3N6O2. The molecular weight excluding hydrogens is 533 g/mol. The van der Waals surface area contributed by atoms with Gasteiger partial charge in [0.1, 0.15) is 0 Å². The fraction of sp³-hybridized carbons (Fsp3) is 0.0667. The number of nitrogens with two attached hydrogens (primary N) is 1. The number of alkyl halides is 3. The van der Waals surface area contributed by atoms with E-state index in [1.165, 1.54) is 35.4 Å². The van der Waals surface area contributed by atoms with Crippen LogP contribution in [-0.4, -0.2) is 26.5 Å². The number of carbonyl (C=O) groups excluding carboxylic acids is 2. The molecule has 5 aromatic rings. The fourth-order valence-electron chi connectivity index (χ4n) is 4.24. The third kappa shape index (κ3) is 5.86. The van der Waals surface area contributed by atoms with E-state index in [0.29, 0.717) is 27.9 Å². The average molecular weight is 555 g/mol. The Morgan fingerprint density at radius 3 is 2.46 bits per heavy atom. The van der Waals surface area contributed by atoms with Crippen LogP contribution in [0.5, 0.6) is 0 Å². The summed E-state index contributed by atoms with van der Waals surface area (Å²) < 4.78 is 42.6. The van der Waals surface area contributed by atoms with Crippen LogP contribution in [0.3, 0.4) is 0 Å². The van der Waals surface area contributed by atoms with Crippen molar-refractivity contribution in [2.45, 2.75) is 13.1 Å². The molecule has 0 radical (unpaired) electrons. The first-order chi connectivity index (χ1) is 19.6. The zero-order valence-corrected chi connectivity index (χ0v) is 21.5. The van der Waals surface area contributed by atoms with Crippen molar-refractivity contribution in [2.75, 3.05) is 10.6 Å². The van der Waals surface area contributed by atoms with Gasteiger partial charge in [0.05, 0.1) is 28.8 Å². The predicted molar refractivity (Wildman–Crippen MR) is 149 cm³/mol. The highest BCUT2D eigenvalue weighted by Crippen LogP contribution is 2.35. The number of fused-ring (bicyclic) bond motifs is 1. The number of hydrogen-bond acceptors (Lipinski definition) is 4. The number of imidazole rings is 1. The molecule has 0 aliphatic heterocycles. The number of benzene rings is 3. The molecule has 3 amide bonds. The molecule has 11 heteroatoms. The monoisotopic (exact) mass is 554 g/mol. The van der Waals surface area contributed by atoms with Crippen LogP contribution in [0.15, 0.2) is 85.7 Å². The normalized spacial score (nSPS) is 11.0. The van der Waals surface area contributed by atoms with Crippen LogP contribution in [0.25, 0.3) is 16.5 Å². The van der Waals surface area contributed by atoms with Crippen molar-refractivity contribution in [3.63, 3.8) is 0 Å². The zero-order chi connectivity index (χ0) is 29.1. The van der Waals surface area contributed by atoms with Crippen LogP contribution >= 0.6 is 0 Å². The maximum atomic E-state index is 13.8. The minimum absolute atomic E-state index is 0.139. The fourth-order valence-corrected chi connectivity index (χ4v) is 4.24. The Morgan fingerprint density at radius 2 is 1.73 bits per heavy atom. The summed E-state index contributed by atoms with van der Waals surface area (Å²) in [5, 5.41) is 6.63. The number of aryl methyl sites for hydroxylation is 1. The molecule has 0 aliphatic carbocycles. The van der Waals surface area contributed by atoms with E-state index >= 15 is 0 Å². The molecule has 5 rings (SSSR count). The van der Waals surface area contributed by atoms with Crippen molar-refractivity contribution < 1.29 is 22.8 Å². The van der Waals surface area contributed by atoms with E-state index in [1.807, 2.05) is 13.0 Å². The highest BCUT2D eigenvalue weighted by atomic mass is 19.4. The van der Waals surface area contributed by atoms with Gasteiger partial charge in [-0.1, -0.05) is 30.0 Å². The molecule has 2 heterocycles. The van der Waals surface area contributed by atoms with Crippen molar-refractivity contribution in [1.82, 2.24) is 14.5 Å². The number of halogens is 3. The number of rotatable bonds is 4. The molecule has 204 valence electrons. The Morgan fingerprint density at radius 1 is 0.927 bits per heavy atom. The first-order valence-corrected chi connectivity index (χ1v) is 12.2. The van der Waals surface area contributed by atoms with Gasteiger partial charge in [0.2, 0.25) is 0 Å². The highest BCUT2D eigenvalue weighted by Gasteiger charge is 2.34. The van der Waals surface area contributed by atoms with E-state index in [2.05, 4.69) is 32.4 Å². The lowest BCUT2D eigenvalue weighted by Gasteiger charge is -2.15. The summed E-state index contributed by atoms with van der Waals surface area (Å²) in [4.78, 5) is 32.3. The molecule has 8 nitrogen and oxygen atoms in total. The van der Waals surface area contributed by atoms with Crippen LogP contribution < -0.4 is 16.4 Å². The minimum Gasteiger partial charge on any atom is -0.351 e. The number of anilines is 2. The van der Waals surface area contributed by atoms with Crippen LogP contribution in [0, 0.1) is 18.8 Å². The molecule has 0 spiro atoms. The van der Waals surface area contributed by atoms with E-state index < -0.39 is 23.7 Å². The molecule has 0 unspecified atom stereocenters. The van der Waals surface area contributed by atoms with Gasteiger partial charge in [0.25, 0.3) is 5.91 Å². The van der Waals surface area contributed by atoms with Gasteiger partial charge in [-0.25, -0.2) is 9.78 Å².